The fourth-order valence-corrected chi connectivity index (χ4v) is 3.39. The molecule has 0 spiro atoms. The Morgan fingerprint density at radius 2 is 2.00 bits per heavy atom. The summed E-state index contributed by atoms with van der Waals surface area (Å²) in [6.07, 6.45) is 6.90. The Morgan fingerprint density at radius 3 is 2.76 bits per heavy atom. The Kier molecular flexibility index (Phi) is 4.13. The third-order valence-corrected chi connectivity index (χ3v) is 4.75. The van der Waals surface area contributed by atoms with E-state index in [9.17, 15) is 9.18 Å². The monoisotopic (exact) mass is 339 g/mol. The third kappa shape index (κ3) is 3.22. The lowest BCUT2D eigenvalue weighted by atomic mass is 9.91. The number of fused-ring (bicyclic) bond motifs is 1. The van der Waals surface area contributed by atoms with Crippen LogP contribution in [0.25, 0.3) is 10.9 Å². The number of nitrogens with zero attached hydrogens (tertiary/aromatic N) is 4. The van der Waals surface area contributed by atoms with Gasteiger partial charge in [0.25, 0.3) is 5.91 Å². The van der Waals surface area contributed by atoms with Gasteiger partial charge in [-0.1, -0.05) is 18.2 Å². The van der Waals surface area contributed by atoms with E-state index in [0.717, 1.165) is 25.7 Å². The second-order valence-corrected chi connectivity index (χ2v) is 6.36. The number of benzene rings is 1. The van der Waals surface area contributed by atoms with Gasteiger partial charge in [0.1, 0.15) is 29.7 Å². The molecule has 2 heterocycles. The number of hydrogen-bond acceptors (Lipinski definition) is 4. The van der Waals surface area contributed by atoms with Crippen molar-refractivity contribution >= 4 is 16.8 Å². The van der Waals surface area contributed by atoms with E-state index in [0.29, 0.717) is 11.4 Å². The maximum atomic E-state index is 13.9. The lowest BCUT2D eigenvalue weighted by Gasteiger charge is -2.28. The fourth-order valence-electron chi connectivity index (χ4n) is 3.39. The van der Waals surface area contributed by atoms with Crippen molar-refractivity contribution in [3.63, 3.8) is 0 Å². The standard InChI is InChI=1S/C18H18FN5O/c19-15-3-1-2-12-4-9-16(23-17(12)15)18(25)22-13-5-7-14(8-6-13)24-11-20-10-21-24/h1-4,9-11,13-14H,5-8H2,(H,22,25). The molecule has 1 aliphatic carbocycles. The molecule has 1 saturated carbocycles. The smallest absolute Gasteiger partial charge is 0.270 e. The average molecular weight is 339 g/mol. The summed E-state index contributed by atoms with van der Waals surface area (Å²) >= 11 is 0. The van der Waals surface area contributed by atoms with Gasteiger partial charge in [0.2, 0.25) is 0 Å². The molecule has 0 atom stereocenters. The molecule has 0 bridgehead atoms. The van der Waals surface area contributed by atoms with Crippen molar-refractivity contribution in [2.45, 2.75) is 37.8 Å². The number of para-hydroxylation sites is 1. The van der Waals surface area contributed by atoms with E-state index in [4.69, 9.17) is 0 Å². The van der Waals surface area contributed by atoms with Gasteiger partial charge >= 0.3 is 0 Å². The molecule has 25 heavy (non-hydrogen) atoms. The van der Waals surface area contributed by atoms with Gasteiger partial charge in [-0.15, -0.1) is 0 Å². The van der Waals surface area contributed by atoms with Crippen molar-refractivity contribution in [2.24, 2.45) is 0 Å². The van der Waals surface area contributed by atoms with E-state index in [1.165, 1.54) is 6.07 Å². The maximum absolute atomic E-state index is 13.9. The summed E-state index contributed by atoms with van der Waals surface area (Å²) in [5.41, 5.74) is 0.473. The SMILES string of the molecule is O=C(NC1CCC(n2cncn2)CC1)c1ccc2cccc(F)c2n1. The van der Waals surface area contributed by atoms with Gasteiger partial charge < -0.3 is 5.32 Å². The number of hydrogen-bond donors (Lipinski definition) is 1. The van der Waals surface area contributed by atoms with Crippen LogP contribution >= 0.6 is 0 Å². The summed E-state index contributed by atoms with van der Waals surface area (Å²) in [5.74, 6) is -0.671. The van der Waals surface area contributed by atoms with Crippen molar-refractivity contribution in [3.8, 4) is 0 Å². The van der Waals surface area contributed by atoms with Gasteiger partial charge in [0.05, 0.1) is 6.04 Å². The van der Waals surface area contributed by atoms with Gasteiger partial charge in [0, 0.05) is 11.4 Å². The second kappa shape index (κ2) is 6.58. The molecular weight excluding hydrogens is 321 g/mol. The Labute approximate surface area is 144 Å². The van der Waals surface area contributed by atoms with Crippen LogP contribution in [0, 0.1) is 5.82 Å². The number of nitrogens with one attached hydrogen (secondary N) is 1. The van der Waals surface area contributed by atoms with Crippen LogP contribution in [-0.4, -0.2) is 31.7 Å². The highest BCUT2D eigenvalue weighted by atomic mass is 19.1. The van der Waals surface area contributed by atoms with Crippen LogP contribution in [0.4, 0.5) is 4.39 Å². The quantitative estimate of drug-likeness (QED) is 0.796. The predicted molar refractivity (Wildman–Crippen MR) is 90.5 cm³/mol. The van der Waals surface area contributed by atoms with Gasteiger partial charge in [-0.2, -0.15) is 5.10 Å². The Hall–Kier alpha value is -2.83. The molecule has 0 aliphatic heterocycles. The first kappa shape index (κ1) is 15.7. The molecule has 0 radical (unpaired) electrons. The van der Waals surface area contributed by atoms with Crippen LogP contribution in [0.5, 0.6) is 0 Å². The molecule has 2 aromatic heterocycles. The zero-order chi connectivity index (χ0) is 17.2. The highest BCUT2D eigenvalue weighted by Crippen LogP contribution is 2.27. The fraction of sp³-hybridized carbons (Fsp3) is 0.333. The minimum Gasteiger partial charge on any atom is -0.348 e. The van der Waals surface area contributed by atoms with E-state index in [2.05, 4.69) is 20.4 Å². The lowest BCUT2D eigenvalue weighted by Crippen LogP contribution is -2.38. The van der Waals surface area contributed by atoms with Crippen LogP contribution < -0.4 is 5.32 Å². The molecule has 0 unspecified atom stereocenters. The van der Waals surface area contributed by atoms with Crippen LogP contribution in [0.15, 0.2) is 43.0 Å². The molecule has 6 nitrogen and oxygen atoms in total. The van der Waals surface area contributed by atoms with Gasteiger partial charge in [-0.25, -0.2) is 19.0 Å². The summed E-state index contributed by atoms with van der Waals surface area (Å²) in [6.45, 7) is 0. The molecule has 1 amide bonds. The molecule has 7 heteroatoms. The first-order chi connectivity index (χ1) is 12.2. The number of pyridine rings is 1. The van der Waals surface area contributed by atoms with Crippen LogP contribution in [0.3, 0.4) is 0 Å². The maximum Gasteiger partial charge on any atom is 0.270 e. The molecule has 3 aromatic rings. The van der Waals surface area contributed by atoms with Crippen LogP contribution in [-0.2, 0) is 0 Å². The van der Waals surface area contributed by atoms with Crippen molar-refractivity contribution in [1.82, 2.24) is 25.1 Å². The van der Waals surface area contributed by atoms with Crippen molar-refractivity contribution in [1.29, 1.82) is 0 Å². The number of carbonyl (C=O) groups excluding carboxylic acids is 1. The Bertz CT molecular complexity index is 888. The van der Waals surface area contributed by atoms with Crippen molar-refractivity contribution in [3.05, 3.63) is 54.5 Å². The number of halogens is 1. The first-order valence-electron chi connectivity index (χ1n) is 8.41. The zero-order valence-corrected chi connectivity index (χ0v) is 13.6. The normalized spacial score (nSPS) is 20.5. The Balaban J connectivity index is 1.42. The summed E-state index contributed by atoms with van der Waals surface area (Å²) < 4.78 is 15.7. The van der Waals surface area contributed by atoms with Gasteiger partial charge in [-0.3, -0.25) is 4.79 Å². The molecule has 128 valence electrons. The number of aromatic nitrogens is 4. The highest BCUT2D eigenvalue weighted by molar-refractivity contribution is 5.95. The van der Waals surface area contributed by atoms with E-state index >= 15 is 0 Å². The van der Waals surface area contributed by atoms with E-state index in [-0.39, 0.29) is 23.2 Å². The number of carbonyl (C=O) groups is 1. The molecule has 4 rings (SSSR count). The lowest BCUT2D eigenvalue weighted by molar-refractivity contribution is 0.0917. The first-order valence-corrected chi connectivity index (χ1v) is 8.41. The molecular formula is C18H18FN5O. The molecule has 1 aliphatic rings. The summed E-state index contributed by atoms with van der Waals surface area (Å²) in [5, 5.41) is 7.88. The highest BCUT2D eigenvalue weighted by Gasteiger charge is 2.24. The summed E-state index contributed by atoms with van der Waals surface area (Å²) in [4.78, 5) is 20.6. The minimum atomic E-state index is -0.416. The minimum absolute atomic E-state index is 0.102. The number of rotatable bonds is 3. The summed E-state index contributed by atoms with van der Waals surface area (Å²) in [7, 11) is 0. The molecule has 0 saturated heterocycles. The van der Waals surface area contributed by atoms with Crippen LogP contribution in [0.1, 0.15) is 42.2 Å². The molecule has 1 N–H and O–H groups in total. The summed E-state index contributed by atoms with van der Waals surface area (Å²) in [6, 6.07) is 8.56. The second-order valence-electron chi connectivity index (χ2n) is 6.36. The third-order valence-electron chi connectivity index (χ3n) is 4.75. The predicted octanol–water partition coefficient (Wildman–Crippen LogP) is 2.88. The van der Waals surface area contributed by atoms with E-state index in [1.807, 2.05) is 4.68 Å². The molecule has 1 aromatic carbocycles. The topological polar surface area (TPSA) is 72.7 Å². The van der Waals surface area contributed by atoms with Gasteiger partial charge in [0.15, 0.2) is 0 Å². The van der Waals surface area contributed by atoms with Crippen LogP contribution in [0.2, 0.25) is 0 Å². The van der Waals surface area contributed by atoms with Crippen molar-refractivity contribution in [2.75, 3.05) is 0 Å². The number of amides is 1. The van der Waals surface area contributed by atoms with Gasteiger partial charge in [-0.05, 0) is 37.8 Å². The zero-order valence-electron chi connectivity index (χ0n) is 13.6. The largest absolute Gasteiger partial charge is 0.348 e. The van der Waals surface area contributed by atoms with E-state index in [1.54, 1.807) is 36.9 Å². The molecule has 1 fully saturated rings. The van der Waals surface area contributed by atoms with E-state index < -0.39 is 5.82 Å². The average Bonchev–Trinajstić information content (AvgIpc) is 3.17. The Morgan fingerprint density at radius 1 is 1.16 bits per heavy atom. The van der Waals surface area contributed by atoms with Crippen molar-refractivity contribution < 1.29 is 9.18 Å².